The van der Waals surface area contributed by atoms with Gasteiger partial charge in [-0.1, -0.05) is 0 Å². The Morgan fingerprint density at radius 3 is 1.85 bits per heavy atom. The lowest BCUT2D eigenvalue weighted by Crippen LogP contribution is -2.13. The van der Waals surface area contributed by atoms with E-state index in [9.17, 15) is 19.2 Å². The molecule has 0 bridgehead atoms. The highest BCUT2D eigenvalue weighted by Gasteiger charge is 2.20. The molecule has 3 rings (SSSR count). The van der Waals surface area contributed by atoms with E-state index in [1.54, 1.807) is 54.0 Å². The lowest BCUT2D eigenvalue weighted by Gasteiger charge is -2.13. The van der Waals surface area contributed by atoms with E-state index in [2.05, 4.69) is 0 Å². The van der Waals surface area contributed by atoms with E-state index in [0.717, 1.165) is 5.69 Å². The van der Waals surface area contributed by atoms with Gasteiger partial charge in [0.1, 0.15) is 5.75 Å². The number of hydrogen-bond acceptors (Lipinski definition) is 7. The number of aromatic nitrogens is 1. The van der Waals surface area contributed by atoms with Crippen molar-refractivity contribution in [2.45, 2.75) is 20.8 Å². The minimum absolute atomic E-state index is 0.0540. The number of Topliss-reactive ketones (excluding diaryl/α,β-unsaturated/α-hetero) is 2. The molecule has 0 amide bonds. The molecule has 0 aliphatic rings. The van der Waals surface area contributed by atoms with Crippen molar-refractivity contribution in [1.82, 2.24) is 4.57 Å². The predicted octanol–water partition coefficient (Wildman–Crippen LogP) is 4.13. The summed E-state index contributed by atoms with van der Waals surface area (Å²) in [6.45, 7) is 4.86. The largest absolute Gasteiger partial charge is 0.485 e. The minimum atomic E-state index is -0.602. The molecule has 1 aromatic heterocycles. The van der Waals surface area contributed by atoms with Gasteiger partial charge in [-0.25, -0.2) is 9.59 Å². The highest BCUT2D eigenvalue weighted by molar-refractivity contribution is 5.99. The molecule has 0 fully saturated rings. The highest BCUT2D eigenvalue weighted by atomic mass is 16.5. The van der Waals surface area contributed by atoms with Gasteiger partial charge in [0.15, 0.2) is 12.4 Å². The van der Waals surface area contributed by atoms with Crippen molar-refractivity contribution in [2.75, 3.05) is 20.8 Å². The number of benzene rings is 2. The predicted molar refractivity (Wildman–Crippen MR) is 124 cm³/mol. The van der Waals surface area contributed by atoms with Crippen LogP contribution in [0.15, 0.2) is 48.5 Å². The van der Waals surface area contributed by atoms with Gasteiger partial charge >= 0.3 is 11.9 Å². The Hall–Kier alpha value is -4.20. The highest BCUT2D eigenvalue weighted by Crippen LogP contribution is 2.24. The molecule has 0 aliphatic heterocycles. The Bertz CT molecular complexity index is 1230. The lowest BCUT2D eigenvalue weighted by molar-refractivity contribution is 0.0598. The summed E-state index contributed by atoms with van der Waals surface area (Å²) in [6, 6.07) is 12.8. The topological polar surface area (TPSA) is 101 Å². The molecular weight excluding hydrogens is 438 g/mol. The van der Waals surface area contributed by atoms with E-state index in [0.29, 0.717) is 28.3 Å². The number of hydrogen-bond donors (Lipinski definition) is 0. The van der Waals surface area contributed by atoms with Gasteiger partial charge in [-0.2, -0.15) is 0 Å². The van der Waals surface area contributed by atoms with Crippen molar-refractivity contribution >= 4 is 23.5 Å². The second-order valence-electron chi connectivity index (χ2n) is 7.66. The zero-order valence-corrected chi connectivity index (χ0v) is 19.6. The Balaban J connectivity index is 1.91. The van der Waals surface area contributed by atoms with Crippen LogP contribution in [0, 0.1) is 13.8 Å². The Morgan fingerprint density at radius 2 is 1.35 bits per heavy atom. The van der Waals surface area contributed by atoms with Gasteiger partial charge in [-0.05, 0) is 69.3 Å². The molecule has 2 aromatic carbocycles. The lowest BCUT2D eigenvalue weighted by atomic mass is 10.1. The number of ketones is 2. The number of esters is 2. The molecule has 0 saturated carbocycles. The molecule has 0 atom stereocenters. The van der Waals surface area contributed by atoms with Crippen LogP contribution in [0.2, 0.25) is 0 Å². The van der Waals surface area contributed by atoms with Gasteiger partial charge in [0, 0.05) is 28.2 Å². The SMILES string of the molecule is COC(=O)c1cc(C(=O)OC)cc(-n2c(C)cc(C(=O)COc3ccc(C(C)=O)cc3)c2C)c1. The third-order valence-corrected chi connectivity index (χ3v) is 5.38. The number of rotatable bonds is 8. The minimum Gasteiger partial charge on any atom is -0.485 e. The molecule has 0 unspecified atom stereocenters. The number of ether oxygens (including phenoxy) is 3. The van der Waals surface area contributed by atoms with Gasteiger partial charge in [0.2, 0.25) is 5.78 Å². The summed E-state index contributed by atoms with van der Waals surface area (Å²) in [6.07, 6.45) is 0. The van der Waals surface area contributed by atoms with E-state index in [1.807, 2.05) is 6.92 Å². The fourth-order valence-corrected chi connectivity index (χ4v) is 3.67. The molecule has 0 N–H and O–H groups in total. The van der Waals surface area contributed by atoms with Gasteiger partial charge in [-0.15, -0.1) is 0 Å². The maximum atomic E-state index is 12.9. The smallest absolute Gasteiger partial charge is 0.337 e. The maximum absolute atomic E-state index is 12.9. The van der Waals surface area contributed by atoms with Crippen LogP contribution < -0.4 is 4.74 Å². The summed E-state index contributed by atoms with van der Waals surface area (Å²) in [5.74, 6) is -1.03. The number of aryl methyl sites for hydroxylation is 1. The number of carbonyl (C=O) groups excluding carboxylic acids is 4. The van der Waals surface area contributed by atoms with Crippen LogP contribution >= 0.6 is 0 Å². The molecule has 8 nitrogen and oxygen atoms in total. The van der Waals surface area contributed by atoms with E-state index < -0.39 is 11.9 Å². The van der Waals surface area contributed by atoms with Crippen LogP contribution in [-0.4, -0.2) is 48.9 Å². The first-order valence-corrected chi connectivity index (χ1v) is 10.4. The van der Waals surface area contributed by atoms with E-state index in [4.69, 9.17) is 14.2 Å². The molecule has 0 saturated heterocycles. The van der Waals surface area contributed by atoms with Crippen molar-refractivity contribution in [3.05, 3.63) is 82.2 Å². The van der Waals surface area contributed by atoms with Gasteiger partial charge in [0.25, 0.3) is 0 Å². The first-order valence-electron chi connectivity index (χ1n) is 10.4. The summed E-state index contributed by atoms with van der Waals surface area (Å²) in [5.41, 5.74) is 3.22. The second kappa shape index (κ2) is 10.2. The monoisotopic (exact) mass is 463 g/mol. The van der Waals surface area contributed by atoms with Gasteiger partial charge < -0.3 is 18.8 Å². The molecule has 3 aromatic rings. The molecule has 0 radical (unpaired) electrons. The second-order valence-corrected chi connectivity index (χ2v) is 7.66. The van der Waals surface area contributed by atoms with Crippen molar-refractivity contribution < 1.29 is 33.4 Å². The molecular formula is C26H25NO7. The number of nitrogens with zero attached hydrogens (tertiary/aromatic N) is 1. The number of carbonyl (C=O) groups is 4. The third-order valence-electron chi connectivity index (χ3n) is 5.38. The maximum Gasteiger partial charge on any atom is 0.337 e. The third kappa shape index (κ3) is 5.06. The molecule has 176 valence electrons. The van der Waals surface area contributed by atoms with Crippen LogP contribution in [0.4, 0.5) is 0 Å². The van der Waals surface area contributed by atoms with Crippen LogP contribution in [-0.2, 0) is 9.47 Å². The van der Waals surface area contributed by atoms with Gasteiger partial charge in [-0.3, -0.25) is 9.59 Å². The normalized spacial score (nSPS) is 10.5. The zero-order chi connectivity index (χ0) is 25.0. The molecule has 1 heterocycles. The molecule has 0 spiro atoms. The van der Waals surface area contributed by atoms with Crippen molar-refractivity contribution in [1.29, 1.82) is 0 Å². The summed E-state index contributed by atoms with van der Waals surface area (Å²) < 4.78 is 17.0. The molecule has 8 heteroatoms. The molecule has 34 heavy (non-hydrogen) atoms. The fraction of sp³-hybridized carbons (Fsp3) is 0.231. The summed E-state index contributed by atoms with van der Waals surface area (Å²) in [5, 5.41) is 0. The summed E-state index contributed by atoms with van der Waals surface area (Å²) in [4.78, 5) is 48.6. The fourth-order valence-electron chi connectivity index (χ4n) is 3.67. The Labute approximate surface area is 197 Å². The first kappa shape index (κ1) is 24.4. The van der Waals surface area contributed by atoms with Gasteiger partial charge in [0.05, 0.1) is 25.3 Å². The standard InChI is InChI=1S/C26H25NO7/c1-15-10-23(24(29)14-34-22-8-6-18(7-9-22)17(3)28)16(2)27(15)21-12-19(25(30)32-4)11-20(13-21)26(31)33-5/h6-13H,14H2,1-5H3. The molecule has 0 aliphatic carbocycles. The number of methoxy groups -OCH3 is 2. The van der Waals surface area contributed by atoms with E-state index in [-0.39, 0.29) is 29.3 Å². The van der Waals surface area contributed by atoms with E-state index in [1.165, 1.54) is 27.2 Å². The average molecular weight is 463 g/mol. The van der Waals surface area contributed by atoms with Crippen LogP contribution in [0.5, 0.6) is 5.75 Å². The quantitative estimate of drug-likeness (QED) is 0.366. The average Bonchev–Trinajstić information content (AvgIpc) is 3.14. The Kier molecular flexibility index (Phi) is 7.31. The van der Waals surface area contributed by atoms with Crippen LogP contribution in [0.25, 0.3) is 5.69 Å². The van der Waals surface area contributed by atoms with Crippen molar-refractivity contribution in [3.8, 4) is 11.4 Å². The first-order chi connectivity index (χ1) is 16.2. The van der Waals surface area contributed by atoms with Crippen molar-refractivity contribution in [2.24, 2.45) is 0 Å². The van der Waals surface area contributed by atoms with Crippen LogP contribution in [0.3, 0.4) is 0 Å². The van der Waals surface area contributed by atoms with E-state index >= 15 is 0 Å². The summed E-state index contributed by atoms with van der Waals surface area (Å²) >= 11 is 0. The zero-order valence-electron chi connectivity index (χ0n) is 19.6. The van der Waals surface area contributed by atoms with Crippen molar-refractivity contribution in [3.63, 3.8) is 0 Å². The summed E-state index contributed by atoms with van der Waals surface area (Å²) in [7, 11) is 2.51. The van der Waals surface area contributed by atoms with Crippen LogP contribution in [0.1, 0.15) is 59.7 Å². The Morgan fingerprint density at radius 1 is 0.794 bits per heavy atom.